The van der Waals surface area contributed by atoms with Crippen LogP contribution in [0.3, 0.4) is 0 Å². The normalized spacial score (nSPS) is 14.0. The van der Waals surface area contributed by atoms with Gasteiger partial charge < -0.3 is 10.1 Å². The SMILES string of the molecule is CCOCc1nn(CC)c2c1N=C(c1ccccc1)CNC2=O. The molecule has 0 saturated heterocycles. The van der Waals surface area contributed by atoms with Gasteiger partial charge in [0.15, 0.2) is 5.69 Å². The van der Waals surface area contributed by atoms with E-state index in [1.54, 1.807) is 4.68 Å². The smallest absolute Gasteiger partial charge is 0.272 e. The molecule has 0 spiro atoms. The molecule has 1 aliphatic heterocycles. The van der Waals surface area contributed by atoms with E-state index in [0.29, 0.717) is 43.4 Å². The van der Waals surface area contributed by atoms with Crippen molar-refractivity contribution in [3.63, 3.8) is 0 Å². The summed E-state index contributed by atoms with van der Waals surface area (Å²) in [7, 11) is 0. The van der Waals surface area contributed by atoms with Crippen molar-refractivity contribution >= 4 is 17.3 Å². The molecule has 0 atom stereocenters. The monoisotopic (exact) mass is 312 g/mol. The third-order valence-corrected chi connectivity index (χ3v) is 3.72. The number of hydrogen-bond donors (Lipinski definition) is 1. The number of carbonyl (C=O) groups excluding carboxylic acids is 1. The molecule has 3 rings (SSSR count). The van der Waals surface area contributed by atoms with E-state index < -0.39 is 0 Å². The molecule has 1 aliphatic rings. The minimum Gasteiger partial charge on any atom is -0.375 e. The predicted octanol–water partition coefficient (Wildman–Crippen LogP) is 2.30. The number of aliphatic imine (C=N–C) groups is 1. The highest BCUT2D eigenvalue weighted by atomic mass is 16.5. The Morgan fingerprint density at radius 1 is 1.26 bits per heavy atom. The second-order valence-electron chi connectivity index (χ2n) is 5.20. The van der Waals surface area contributed by atoms with Crippen LogP contribution in [0.25, 0.3) is 0 Å². The van der Waals surface area contributed by atoms with Crippen molar-refractivity contribution in [3.8, 4) is 0 Å². The lowest BCUT2D eigenvalue weighted by Crippen LogP contribution is -2.29. The van der Waals surface area contributed by atoms with Gasteiger partial charge in [0, 0.05) is 13.2 Å². The zero-order valence-electron chi connectivity index (χ0n) is 13.4. The lowest BCUT2D eigenvalue weighted by Gasteiger charge is -2.06. The van der Waals surface area contributed by atoms with Crippen LogP contribution in [0.1, 0.15) is 35.6 Å². The predicted molar refractivity (Wildman–Crippen MR) is 88.2 cm³/mol. The number of nitrogens with one attached hydrogen (secondary N) is 1. The van der Waals surface area contributed by atoms with Gasteiger partial charge in [-0.1, -0.05) is 30.3 Å². The summed E-state index contributed by atoms with van der Waals surface area (Å²) >= 11 is 0. The fourth-order valence-corrected chi connectivity index (χ4v) is 2.59. The zero-order chi connectivity index (χ0) is 16.2. The van der Waals surface area contributed by atoms with Gasteiger partial charge >= 0.3 is 0 Å². The van der Waals surface area contributed by atoms with Crippen LogP contribution in [0.2, 0.25) is 0 Å². The van der Waals surface area contributed by atoms with Gasteiger partial charge in [0.05, 0.1) is 18.9 Å². The number of aromatic nitrogens is 2. The van der Waals surface area contributed by atoms with Crippen molar-refractivity contribution in [1.29, 1.82) is 0 Å². The summed E-state index contributed by atoms with van der Waals surface area (Å²) in [6, 6.07) is 9.86. The van der Waals surface area contributed by atoms with Gasteiger partial charge in [0.2, 0.25) is 0 Å². The molecule has 6 nitrogen and oxygen atoms in total. The van der Waals surface area contributed by atoms with E-state index >= 15 is 0 Å². The van der Waals surface area contributed by atoms with Crippen molar-refractivity contribution in [2.24, 2.45) is 4.99 Å². The summed E-state index contributed by atoms with van der Waals surface area (Å²) in [5.74, 6) is -0.147. The van der Waals surface area contributed by atoms with Crippen molar-refractivity contribution < 1.29 is 9.53 Å². The average molecular weight is 312 g/mol. The van der Waals surface area contributed by atoms with E-state index in [1.807, 2.05) is 44.2 Å². The number of carbonyl (C=O) groups is 1. The molecule has 2 heterocycles. The van der Waals surface area contributed by atoms with Gasteiger partial charge in [-0.2, -0.15) is 5.10 Å². The van der Waals surface area contributed by atoms with Gasteiger partial charge in [-0.05, 0) is 19.4 Å². The summed E-state index contributed by atoms with van der Waals surface area (Å²) in [6.45, 7) is 5.84. The van der Waals surface area contributed by atoms with Crippen LogP contribution in [0.5, 0.6) is 0 Å². The number of hydrogen-bond acceptors (Lipinski definition) is 4. The third-order valence-electron chi connectivity index (χ3n) is 3.72. The van der Waals surface area contributed by atoms with E-state index in [9.17, 15) is 4.79 Å². The quantitative estimate of drug-likeness (QED) is 0.921. The minimum absolute atomic E-state index is 0.147. The summed E-state index contributed by atoms with van der Waals surface area (Å²) in [5.41, 5.74) is 3.65. The molecule has 6 heteroatoms. The number of benzene rings is 1. The van der Waals surface area contributed by atoms with Gasteiger partial charge in [-0.15, -0.1) is 0 Å². The number of amides is 1. The van der Waals surface area contributed by atoms with Gasteiger partial charge in [0.1, 0.15) is 11.4 Å². The second kappa shape index (κ2) is 6.75. The molecule has 2 aromatic rings. The van der Waals surface area contributed by atoms with E-state index in [1.165, 1.54) is 0 Å². The van der Waals surface area contributed by atoms with Crippen molar-refractivity contribution in [1.82, 2.24) is 15.1 Å². The van der Waals surface area contributed by atoms with Crippen LogP contribution >= 0.6 is 0 Å². The van der Waals surface area contributed by atoms with E-state index in [2.05, 4.69) is 10.4 Å². The molecule has 1 amide bonds. The lowest BCUT2D eigenvalue weighted by molar-refractivity contribution is 0.0950. The van der Waals surface area contributed by atoms with Gasteiger partial charge in [-0.25, -0.2) is 4.99 Å². The fraction of sp³-hybridized carbons (Fsp3) is 0.353. The Morgan fingerprint density at radius 3 is 2.74 bits per heavy atom. The van der Waals surface area contributed by atoms with Gasteiger partial charge in [-0.3, -0.25) is 9.48 Å². The molecule has 0 aliphatic carbocycles. The fourth-order valence-electron chi connectivity index (χ4n) is 2.59. The van der Waals surface area contributed by atoms with Crippen LogP contribution in [0.4, 0.5) is 5.69 Å². The molecule has 0 radical (unpaired) electrons. The van der Waals surface area contributed by atoms with Gasteiger partial charge in [0.25, 0.3) is 5.91 Å². The highest BCUT2D eigenvalue weighted by Crippen LogP contribution is 2.28. The number of rotatable bonds is 5. The third kappa shape index (κ3) is 3.03. The standard InChI is InChI=1S/C17H20N4O2/c1-3-21-16-15(14(20-21)11-23-4-2)19-13(10-18-17(16)22)12-8-6-5-7-9-12/h5-9H,3-4,10-11H2,1-2H3,(H,18,22). The Kier molecular flexibility index (Phi) is 4.52. The Morgan fingerprint density at radius 2 is 2.04 bits per heavy atom. The first kappa shape index (κ1) is 15.4. The van der Waals surface area contributed by atoms with Crippen LogP contribution in [0.15, 0.2) is 35.3 Å². The maximum Gasteiger partial charge on any atom is 0.272 e. The van der Waals surface area contributed by atoms with Crippen molar-refractivity contribution in [3.05, 3.63) is 47.3 Å². The average Bonchev–Trinajstić information content (AvgIpc) is 2.84. The summed E-state index contributed by atoms with van der Waals surface area (Å²) in [4.78, 5) is 17.2. The molecule has 0 unspecified atom stereocenters. The maximum atomic E-state index is 12.5. The Labute approximate surface area is 135 Å². The molecular formula is C17H20N4O2. The van der Waals surface area contributed by atoms with E-state index in [0.717, 1.165) is 11.3 Å². The first-order chi connectivity index (χ1) is 11.2. The van der Waals surface area contributed by atoms with Crippen LogP contribution in [-0.4, -0.2) is 34.6 Å². The molecule has 120 valence electrons. The number of aryl methyl sites for hydroxylation is 1. The molecule has 0 bridgehead atoms. The summed E-state index contributed by atoms with van der Waals surface area (Å²) in [6.07, 6.45) is 0. The Hall–Kier alpha value is -2.47. The zero-order valence-corrected chi connectivity index (χ0v) is 13.4. The first-order valence-corrected chi connectivity index (χ1v) is 7.83. The molecule has 1 aromatic carbocycles. The molecule has 1 aromatic heterocycles. The summed E-state index contributed by atoms with van der Waals surface area (Å²) < 4.78 is 7.17. The first-order valence-electron chi connectivity index (χ1n) is 7.83. The summed E-state index contributed by atoms with van der Waals surface area (Å²) in [5, 5.41) is 7.41. The lowest BCUT2D eigenvalue weighted by atomic mass is 10.1. The van der Waals surface area contributed by atoms with Crippen LogP contribution in [0, 0.1) is 0 Å². The Bertz CT molecular complexity index is 735. The number of ether oxygens (including phenoxy) is 1. The molecule has 23 heavy (non-hydrogen) atoms. The molecule has 0 fully saturated rings. The van der Waals surface area contributed by atoms with E-state index in [4.69, 9.17) is 9.73 Å². The highest BCUT2D eigenvalue weighted by molar-refractivity contribution is 6.10. The highest BCUT2D eigenvalue weighted by Gasteiger charge is 2.26. The number of nitrogens with zero attached hydrogens (tertiary/aromatic N) is 3. The van der Waals surface area contributed by atoms with E-state index in [-0.39, 0.29) is 5.91 Å². The molecular weight excluding hydrogens is 292 g/mol. The second-order valence-corrected chi connectivity index (χ2v) is 5.20. The maximum absolute atomic E-state index is 12.5. The minimum atomic E-state index is -0.147. The largest absolute Gasteiger partial charge is 0.375 e. The van der Waals surface area contributed by atoms with Crippen molar-refractivity contribution in [2.45, 2.75) is 27.0 Å². The molecule has 0 saturated carbocycles. The van der Waals surface area contributed by atoms with Crippen LogP contribution < -0.4 is 5.32 Å². The topological polar surface area (TPSA) is 68.5 Å². The van der Waals surface area contributed by atoms with Crippen LogP contribution in [-0.2, 0) is 17.9 Å². The Balaban J connectivity index is 2.10. The van der Waals surface area contributed by atoms with Crippen molar-refractivity contribution in [2.75, 3.05) is 13.2 Å². The number of fused-ring (bicyclic) bond motifs is 1. The molecule has 1 N–H and O–H groups in total.